The number of nitrogens with one attached hydrogen (secondary N) is 1. The van der Waals surface area contributed by atoms with Gasteiger partial charge in [-0.2, -0.15) is 4.99 Å². The van der Waals surface area contributed by atoms with Gasteiger partial charge in [-0.25, -0.2) is 0 Å². The minimum absolute atomic E-state index is 0.0786. The molecule has 30 heavy (non-hydrogen) atoms. The zero-order valence-electron chi connectivity index (χ0n) is 15.7. The largest absolute Gasteiger partial charge is 0.493 e. The van der Waals surface area contributed by atoms with Gasteiger partial charge >= 0.3 is 17.9 Å². The zero-order chi connectivity index (χ0) is 21.7. The normalized spacial score (nSPS) is 16.2. The van der Waals surface area contributed by atoms with Gasteiger partial charge in [0.15, 0.2) is 11.5 Å². The van der Waals surface area contributed by atoms with Crippen LogP contribution in [-0.4, -0.2) is 35.7 Å². The summed E-state index contributed by atoms with van der Waals surface area (Å²) in [5, 5.41) is 13.6. The molecule has 0 saturated carbocycles. The fourth-order valence-electron chi connectivity index (χ4n) is 2.60. The van der Waals surface area contributed by atoms with Crippen LogP contribution < -0.4 is 14.8 Å². The molecular formula is C20H16ClN3O6. The summed E-state index contributed by atoms with van der Waals surface area (Å²) in [5.41, 5.74) is 1.61. The molecule has 2 amide bonds. The minimum atomic E-state index is -2.01. The summed E-state index contributed by atoms with van der Waals surface area (Å²) in [6.07, 6.45) is 2.94. The number of hydrogen-bond donors (Lipinski definition) is 1. The first-order valence-corrected chi connectivity index (χ1v) is 9.05. The van der Waals surface area contributed by atoms with Crippen molar-refractivity contribution in [2.75, 3.05) is 7.11 Å². The fraction of sp³-hybridized carbons (Fsp3) is 0.150. The first-order chi connectivity index (χ1) is 14.4. The second kappa shape index (κ2) is 9.19. The van der Waals surface area contributed by atoms with Gasteiger partial charge in [0.05, 0.1) is 7.11 Å². The van der Waals surface area contributed by atoms with Crippen LogP contribution in [0.2, 0.25) is 5.02 Å². The number of benzene rings is 2. The number of halogens is 1. The quantitative estimate of drug-likeness (QED) is 0.410. The van der Waals surface area contributed by atoms with Gasteiger partial charge in [-0.05, 0) is 41.5 Å². The molecule has 3 rings (SSSR count). The maximum Gasteiger partial charge on any atom is 0.368 e. The molecule has 0 saturated heterocycles. The second-order valence-electron chi connectivity index (χ2n) is 6.17. The van der Waals surface area contributed by atoms with Gasteiger partial charge in [0.2, 0.25) is 0 Å². The van der Waals surface area contributed by atoms with Crippen LogP contribution in [0.25, 0.3) is 6.08 Å². The smallest absolute Gasteiger partial charge is 0.368 e. The summed E-state index contributed by atoms with van der Waals surface area (Å²) in [7, 11) is 1.50. The number of hydrogen-bond acceptors (Lipinski definition) is 6. The Kier molecular flexibility index (Phi) is 6.43. The van der Waals surface area contributed by atoms with E-state index in [0.29, 0.717) is 28.7 Å². The molecule has 1 N–H and O–H groups in total. The topological polar surface area (TPSA) is 120 Å². The lowest BCUT2D eigenvalue weighted by atomic mass is 10.1. The lowest BCUT2D eigenvalue weighted by Crippen LogP contribution is -2.50. The number of nitro groups is 1. The molecule has 1 heterocycles. The van der Waals surface area contributed by atoms with Crippen molar-refractivity contribution >= 4 is 35.3 Å². The lowest BCUT2D eigenvalue weighted by molar-refractivity contribution is -0.493. The Morgan fingerprint density at radius 2 is 1.90 bits per heavy atom. The van der Waals surface area contributed by atoms with E-state index < -0.39 is 22.8 Å². The van der Waals surface area contributed by atoms with E-state index in [0.717, 1.165) is 5.56 Å². The third-order valence-corrected chi connectivity index (χ3v) is 4.36. The number of aliphatic imine (C=N–C) groups is 1. The Hall–Kier alpha value is -3.72. The van der Waals surface area contributed by atoms with E-state index >= 15 is 0 Å². The number of rotatable bonds is 7. The van der Waals surface area contributed by atoms with E-state index in [-0.39, 0.29) is 5.84 Å². The average molecular weight is 430 g/mol. The van der Waals surface area contributed by atoms with Crippen molar-refractivity contribution in [3.05, 3.63) is 74.8 Å². The number of amides is 2. The Balaban J connectivity index is 1.71. The van der Waals surface area contributed by atoms with Gasteiger partial charge < -0.3 is 14.8 Å². The van der Waals surface area contributed by atoms with Crippen molar-refractivity contribution in [1.82, 2.24) is 5.32 Å². The molecule has 0 aromatic heterocycles. The summed E-state index contributed by atoms with van der Waals surface area (Å²) >= 11 is 5.87. The highest BCUT2D eigenvalue weighted by Crippen LogP contribution is 2.29. The molecule has 0 spiro atoms. The number of amidine groups is 1. The van der Waals surface area contributed by atoms with E-state index in [1.165, 1.54) is 13.2 Å². The molecular weight excluding hydrogens is 414 g/mol. The Bertz CT molecular complexity index is 1050. The summed E-state index contributed by atoms with van der Waals surface area (Å²) < 4.78 is 11.1. The van der Waals surface area contributed by atoms with Crippen molar-refractivity contribution < 1.29 is 24.0 Å². The van der Waals surface area contributed by atoms with Crippen LogP contribution in [-0.2, 0) is 16.2 Å². The molecule has 1 atom stereocenters. The Morgan fingerprint density at radius 3 is 2.53 bits per heavy atom. The Labute approximate surface area is 176 Å². The third-order valence-electron chi connectivity index (χ3n) is 4.10. The molecule has 0 fully saturated rings. The molecule has 154 valence electrons. The predicted molar refractivity (Wildman–Crippen MR) is 109 cm³/mol. The van der Waals surface area contributed by atoms with Crippen LogP contribution in [0.4, 0.5) is 0 Å². The monoisotopic (exact) mass is 429 g/mol. The van der Waals surface area contributed by atoms with Crippen molar-refractivity contribution in [3.8, 4) is 11.5 Å². The summed E-state index contributed by atoms with van der Waals surface area (Å²) in [5.74, 6) is -1.22. The highest BCUT2D eigenvalue weighted by atomic mass is 35.5. The Morgan fingerprint density at radius 1 is 1.17 bits per heavy atom. The average Bonchev–Trinajstić information content (AvgIpc) is 2.71. The van der Waals surface area contributed by atoms with Gasteiger partial charge in [0.25, 0.3) is 0 Å². The zero-order valence-corrected chi connectivity index (χ0v) is 16.5. The molecule has 9 nitrogen and oxygen atoms in total. The lowest BCUT2D eigenvalue weighted by Gasteiger charge is -2.13. The van der Waals surface area contributed by atoms with Crippen molar-refractivity contribution in [3.63, 3.8) is 0 Å². The number of methoxy groups -OCH3 is 1. The summed E-state index contributed by atoms with van der Waals surface area (Å²) in [6.45, 7) is 0.325. The molecule has 2 aromatic rings. The number of carbonyl (C=O) groups excluding carboxylic acids is 2. The van der Waals surface area contributed by atoms with Gasteiger partial charge in [-0.3, -0.25) is 19.7 Å². The predicted octanol–water partition coefficient (Wildman–Crippen LogP) is 2.64. The van der Waals surface area contributed by atoms with Crippen LogP contribution in [0.15, 0.2) is 53.5 Å². The molecule has 0 aliphatic carbocycles. The summed E-state index contributed by atoms with van der Waals surface area (Å²) in [6, 6.07) is 10.4. The number of carbonyl (C=O) groups is 2. The molecule has 0 bridgehead atoms. The molecule has 2 aromatic carbocycles. The van der Waals surface area contributed by atoms with Crippen LogP contribution in [0.5, 0.6) is 11.5 Å². The van der Waals surface area contributed by atoms with E-state index in [1.807, 2.05) is 12.1 Å². The number of ether oxygens (including phenoxy) is 2. The number of nitrogens with zero attached hydrogens (tertiary/aromatic N) is 2. The molecule has 0 radical (unpaired) electrons. The van der Waals surface area contributed by atoms with Crippen molar-refractivity contribution in [2.24, 2.45) is 4.99 Å². The third kappa shape index (κ3) is 5.00. The van der Waals surface area contributed by atoms with E-state index in [9.17, 15) is 19.7 Å². The highest BCUT2D eigenvalue weighted by Gasteiger charge is 2.41. The highest BCUT2D eigenvalue weighted by molar-refractivity contribution is 6.30. The van der Waals surface area contributed by atoms with Crippen LogP contribution in [0, 0.1) is 10.1 Å². The van der Waals surface area contributed by atoms with Crippen molar-refractivity contribution in [2.45, 2.75) is 12.6 Å². The molecule has 1 aliphatic heterocycles. The molecule has 1 aliphatic rings. The molecule has 10 heteroatoms. The molecule has 1 unspecified atom stereocenters. The van der Waals surface area contributed by atoms with Gasteiger partial charge in [-0.15, -0.1) is 0 Å². The van der Waals surface area contributed by atoms with Gasteiger partial charge in [0.1, 0.15) is 12.4 Å². The fourth-order valence-corrected chi connectivity index (χ4v) is 2.73. The van der Waals surface area contributed by atoms with Gasteiger partial charge in [0, 0.05) is 9.95 Å². The van der Waals surface area contributed by atoms with Crippen LogP contribution in [0.3, 0.4) is 0 Å². The first kappa shape index (κ1) is 21.0. The standard InChI is InChI=1S/C20H16ClN3O6/c1-29-16-10-12(4-8-15(16)30-11-13-2-6-14(21)7-3-13)5-9-17-22-19(25)18(24(27)28)20(26)23-17/h2-10,18H,11H2,1H3,(H,22,23,25,26)/b9-5+. The SMILES string of the molecule is COc1cc(/C=C/C2=NC(=O)C([N+](=O)[O-])C(=O)N2)ccc1OCc1ccc(Cl)cc1. The minimum Gasteiger partial charge on any atom is -0.493 e. The van der Waals surface area contributed by atoms with E-state index in [2.05, 4.69) is 10.3 Å². The van der Waals surface area contributed by atoms with Crippen molar-refractivity contribution in [1.29, 1.82) is 0 Å². The van der Waals surface area contributed by atoms with Gasteiger partial charge in [-0.1, -0.05) is 35.9 Å². The second-order valence-corrected chi connectivity index (χ2v) is 6.61. The summed E-state index contributed by atoms with van der Waals surface area (Å²) in [4.78, 5) is 36.6. The van der Waals surface area contributed by atoms with Crippen LogP contribution >= 0.6 is 11.6 Å². The maximum atomic E-state index is 11.7. The van der Waals surface area contributed by atoms with Crippen LogP contribution in [0.1, 0.15) is 11.1 Å². The van der Waals surface area contributed by atoms with E-state index in [1.54, 1.807) is 36.4 Å². The first-order valence-electron chi connectivity index (χ1n) is 8.67. The van der Waals surface area contributed by atoms with E-state index in [4.69, 9.17) is 21.1 Å². The maximum absolute atomic E-state index is 11.7.